The van der Waals surface area contributed by atoms with Gasteiger partial charge in [0.2, 0.25) is 0 Å². The van der Waals surface area contributed by atoms with Crippen LogP contribution in [0.25, 0.3) is 0 Å². The zero-order chi connectivity index (χ0) is 13.6. The zero-order valence-electron chi connectivity index (χ0n) is 12.3. The first-order valence-corrected chi connectivity index (χ1v) is 7.54. The van der Waals surface area contributed by atoms with Gasteiger partial charge in [-0.2, -0.15) is 0 Å². The van der Waals surface area contributed by atoms with Crippen LogP contribution < -0.4 is 0 Å². The lowest BCUT2D eigenvalue weighted by atomic mass is 9.73. The van der Waals surface area contributed by atoms with Crippen molar-refractivity contribution in [3.8, 4) is 0 Å². The van der Waals surface area contributed by atoms with Gasteiger partial charge in [-0.1, -0.05) is 13.3 Å². The lowest BCUT2D eigenvalue weighted by Crippen LogP contribution is -2.45. The van der Waals surface area contributed by atoms with E-state index in [1.54, 1.807) is 0 Å². The Hall–Kier alpha value is -1.09. The minimum atomic E-state index is 0.232. The second-order valence-electron chi connectivity index (χ2n) is 6.32. The molecule has 1 aliphatic carbocycles. The van der Waals surface area contributed by atoms with Crippen LogP contribution in [-0.4, -0.2) is 35.8 Å². The molecule has 0 spiro atoms. The van der Waals surface area contributed by atoms with Gasteiger partial charge in [0.25, 0.3) is 0 Å². The molecule has 2 aliphatic rings. The van der Waals surface area contributed by atoms with E-state index in [2.05, 4.69) is 30.8 Å². The summed E-state index contributed by atoms with van der Waals surface area (Å²) in [6.45, 7) is 6.38. The molecular weight excluding hydrogens is 236 g/mol. The molecule has 0 radical (unpaired) electrons. The van der Waals surface area contributed by atoms with E-state index < -0.39 is 0 Å². The average Bonchev–Trinajstić information content (AvgIpc) is 2.68. The zero-order valence-corrected chi connectivity index (χ0v) is 12.3. The molecule has 0 saturated carbocycles. The first-order chi connectivity index (χ1) is 9.11. The van der Waals surface area contributed by atoms with Gasteiger partial charge in [0.1, 0.15) is 0 Å². The summed E-state index contributed by atoms with van der Waals surface area (Å²) in [5.41, 5.74) is 4.75. The molecule has 3 nitrogen and oxygen atoms in total. The third kappa shape index (κ3) is 2.04. The van der Waals surface area contributed by atoms with Crippen LogP contribution in [0, 0.1) is 18.8 Å². The average molecular weight is 260 g/mol. The number of nitrogens with one attached hydrogen (secondary N) is 1. The van der Waals surface area contributed by atoms with Crippen molar-refractivity contribution in [3.63, 3.8) is 0 Å². The van der Waals surface area contributed by atoms with Crippen LogP contribution in [0.4, 0.5) is 0 Å². The van der Waals surface area contributed by atoms with Crippen LogP contribution in [0.15, 0.2) is 0 Å². The smallest absolute Gasteiger partial charge is 0.169 e. The van der Waals surface area contributed by atoms with Gasteiger partial charge < -0.3 is 9.88 Å². The summed E-state index contributed by atoms with van der Waals surface area (Å²) in [5.74, 6) is 1.19. The highest BCUT2D eigenvalue weighted by Gasteiger charge is 2.40. The molecule has 19 heavy (non-hydrogen) atoms. The van der Waals surface area contributed by atoms with Crippen molar-refractivity contribution < 1.29 is 4.79 Å². The van der Waals surface area contributed by atoms with E-state index in [1.165, 1.54) is 17.0 Å². The van der Waals surface area contributed by atoms with E-state index in [0.717, 1.165) is 44.3 Å². The fraction of sp³-hybridized carbons (Fsp3) is 0.688. The standard InChI is InChI=1S/C16H24N2O/c1-4-5-13-10(2)15-14(17-13)8-11-6-7-18(3)9-12(11)16(15)19/h11-12,17H,4-9H2,1-3H3. The molecule has 104 valence electrons. The molecule has 1 aromatic heterocycles. The molecular formula is C16H24N2O. The molecule has 1 N–H and O–H groups in total. The second-order valence-corrected chi connectivity index (χ2v) is 6.32. The molecule has 0 bridgehead atoms. The molecule has 2 atom stereocenters. The predicted octanol–water partition coefficient (Wildman–Crippen LogP) is 2.58. The number of ketones is 1. The number of hydrogen-bond acceptors (Lipinski definition) is 2. The molecule has 1 saturated heterocycles. The summed E-state index contributed by atoms with van der Waals surface area (Å²) in [5, 5.41) is 0. The molecule has 0 aromatic carbocycles. The Kier molecular flexibility index (Phi) is 3.25. The predicted molar refractivity (Wildman–Crippen MR) is 76.7 cm³/mol. The molecule has 1 fully saturated rings. The number of Topliss-reactive ketones (excluding diaryl/α,β-unsaturated/α-hetero) is 1. The number of nitrogens with zero attached hydrogens (tertiary/aromatic N) is 1. The third-order valence-electron chi connectivity index (χ3n) is 4.94. The molecule has 3 heteroatoms. The van der Waals surface area contributed by atoms with Crippen molar-refractivity contribution in [3.05, 3.63) is 22.5 Å². The lowest BCUT2D eigenvalue weighted by Gasteiger charge is -2.38. The summed E-state index contributed by atoms with van der Waals surface area (Å²) >= 11 is 0. The van der Waals surface area contributed by atoms with Gasteiger partial charge in [-0.15, -0.1) is 0 Å². The fourth-order valence-corrected chi connectivity index (χ4v) is 3.85. The van der Waals surface area contributed by atoms with Gasteiger partial charge in [-0.25, -0.2) is 0 Å². The largest absolute Gasteiger partial charge is 0.361 e. The number of carbonyl (C=O) groups excluding carboxylic acids is 1. The van der Waals surface area contributed by atoms with Crippen LogP contribution in [0.1, 0.15) is 47.1 Å². The van der Waals surface area contributed by atoms with Gasteiger partial charge in [0.05, 0.1) is 0 Å². The summed E-state index contributed by atoms with van der Waals surface area (Å²) in [6, 6.07) is 0. The lowest BCUT2D eigenvalue weighted by molar-refractivity contribution is 0.0705. The van der Waals surface area contributed by atoms with E-state index in [9.17, 15) is 4.79 Å². The first-order valence-electron chi connectivity index (χ1n) is 7.54. The Bertz CT molecular complexity index is 503. The number of likely N-dealkylation sites (tertiary alicyclic amines) is 1. The number of piperidine rings is 1. The Morgan fingerprint density at radius 1 is 1.42 bits per heavy atom. The van der Waals surface area contributed by atoms with Crippen LogP contribution >= 0.6 is 0 Å². The quantitative estimate of drug-likeness (QED) is 0.887. The Balaban J connectivity index is 1.97. The van der Waals surface area contributed by atoms with Gasteiger partial charge in [0.15, 0.2) is 5.78 Å². The summed E-state index contributed by atoms with van der Waals surface area (Å²) in [6.07, 6.45) is 4.42. The highest BCUT2D eigenvalue weighted by Crippen LogP contribution is 2.37. The van der Waals surface area contributed by atoms with Crippen LogP contribution in [0.3, 0.4) is 0 Å². The van der Waals surface area contributed by atoms with Gasteiger partial charge in [0, 0.05) is 29.4 Å². The van der Waals surface area contributed by atoms with Crippen molar-refractivity contribution in [2.75, 3.05) is 20.1 Å². The van der Waals surface area contributed by atoms with Gasteiger partial charge >= 0.3 is 0 Å². The van der Waals surface area contributed by atoms with E-state index in [-0.39, 0.29) is 5.92 Å². The third-order valence-corrected chi connectivity index (χ3v) is 4.94. The van der Waals surface area contributed by atoms with Crippen molar-refractivity contribution in [2.45, 2.75) is 39.5 Å². The van der Waals surface area contributed by atoms with E-state index >= 15 is 0 Å². The monoisotopic (exact) mass is 260 g/mol. The Morgan fingerprint density at radius 2 is 2.21 bits per heavy atom. The van der Waals surface area contributed by atoms with Crippen molar-refractivity contribution in [1.29, 1.82) is 0 Å². The highest BCUT2D eigenvalue weighted by molar-refractivity contribution is 6.02. The molecule has 1 aromatic rings. The van der Waals surface area contributed by atoms with E-state index in [0.29, 0.717) is 11.7 Å². The minimum Gasteiger partial charge on any atom is -0.361 e. The second kappa shape index (κ2) is 4.78. The number of carbonyl (C=O) groups is 1. The van der Waals surface area contributed by atoms with Crippen molar-refractivity contribution >= 4 is 5.78 Å². The van der Waals surface area contributed by atoms with Crippen molar-refractivity contribution in [1.82, 2.24) is 9.88 Å². The van der Waals surface area contributed by atoms with Crippen LogP contribution in [0.5, 0.6) is 0 Å². The van der Waals surface area contributed by atoms with Gasteiger partial charge in [-0.05, 0) is 51.3 Å². The van der Waals surface area contributed by atoms with Crippen LogP contribution in [0.2, 0.25) is 0 Å². The molecule has 1 aliphatic heterocycles. The maximum atomic E-state index is 12.8. The number of aryl methyl sites for hydroxylation is 1. The molecule has 3 rings (SSSR count). The number of rotatable bonds is 2. The van der Waals surface area contributed by atoms with E-state index in [4.69, 9.17) is 0 Å². The number of aromatic amines is 1. The minimum absolute atomic E-state index is 0.232. The highest BCUT2D eigenvalue weighted by atomic mass is 16.1. The number of aromatic nitrogens is 1. The number of hydrogen-bond donors (Lipinski definition) is 1. The molecule has 2 heterocycles. The topological polar surface area (TPSA) is 36.1 Å². The summed E-state index contributed by atoms with van der Waals surface area (Å²) in [4.78, 5) is 18.6. The Morgan fingerprint density at radius 3 is 2.95 bits per heavy atom. The van der Waals surface area contributed by atoms with Crippen LogP contribution in [-0.2, 0) is 12.8 Å². The summed E-state index contributed by atoms with van der Waals surface area (Å²) < 4.78 is 0. The number of fused-ring (bicyclic) bond motifs is 2. The van der Waals surface area contributed by atoms with Gasteiger partial charge in [-0.3, -0.25) is 4.79 Å². The normalized spacial score (nSPS) is 27.2. The molecule has 0 amide bonds. The first kappa shape index (κ1) is 12.9. The maximum Gasteiger partial charge on any atom is 0.169 e. The molecule has 2 unspecified atom stereocenters. The van der Waals surface area contributed by atoms with E-state index in [1.807, 2.05) is 0 Å². The maximum absolute atomic E-state index is 12.8. The fourth-order valence-electron chi connectivity index (χ4n) is 3.85. The summed E-state index contributed by atoms with van der Waals surface area (Å²) in [7, 11) is 2.13. The Labute approximate surface area is 115 Å². The van der Waals surface area contributed by atoms with Crippen molar-refractivity contribution in [2.24, 2.45) is 11.8 Å². The SMILES string of the molecule is CCCc1[nH]c2c(c1C)C(=O)C1CN(C)CCC1C2. The number of H-pyrrole nitrogens is 1.